The van der Waals surface area contributed by atoms with Gasteiger partial charge in [0.05, 0.1) is 31.0 Å². The lowest BCUT2D eigenvalue weighted by atomic mass is 9.72. The van der Waals surface area contributed by atoms with E-state index in [4.69, 9.17) is 4.74 Å². The summed E-state index contributed by atoms with van der Waals surface area (Å²) < 4.78 is 31.4. The first kappa shape index (κ1) is 17.9. The van der Waals surface area contributed by atoms with Gasteiger partial charge in [0.2, 0.25) is 15.9 Å². The zero-order valence-electron chi connectivity index (χ0n) is 14.8. The first-order valence-corrected chi connectivity index (χ1v) is 11.0. The summed E-state index contributed by atoms with van der Waals surface area (Å²) in [7, 11) is -3.34. The van der Waals surface area contributed by atoms with Crippen LogP contribution in [0.1, 0.15) is 17.5 Å². The predicted octanol–water partition coefficient (Wildman–Crippen LogP) is -0.134. The molecule has 0 aromatic heterocycles. The second-order valence-corrected chi connectivity index (χ2v) is 9.31. The number of rotatable bonds is 5. The summed E-state index contributed by atoms with van der Waals surface area (Å²) in [5.74, 6) is 0.139. The van der Waals surface area contributed by atoms with Crippen LogP contribution >= 0.6 is 0 Å². The van der Waals surface area contributed by atoms with Crippen molar-refractivity contribution in [2.75, 3.05) is 26.0 Å². The van der Waals surface area contributed by atoms with E-state index in [1.165, 1.54) is 11.1 Å². The van der Waals surface area contributed by atoms with Gasteiger partial charge in [-0.05, 0) is 24.0 Å². The van der Waals surface area contributed by atoms with Crippen LogP contribution in [0.5, 0.6) is 0 Å². The number of amides is 1. The highest BCUT2D eigenvalue weighted by Crippen LogP contribution is 2.39. The number of hydrogen-bond donors (Lipinski definition) is 2. The van der Waals surface area contributed by atoms with Crippen molar-refractivity contribution in [3.05, 3.63) is 35.4 Å². The maximum atomic E-state index is 12.6. The van der Waals surface area contributed by atoms with Gasteiger partial charge in [-0.2, -0.15) is 0 Å². The van der Waals surface area contributed by atoms with Crippen LogP contribution in [-0.2, 0) is 32.5 Å². The largest absolute Gasteiger partial charge is 0.376 e. The maximum absolute atomic E-state index is 12.6. The van der Waals surface area contributed by atoms with Crippen LogP contribution in [0, 0.1) is 5.92 Å². The Morgan fingerprint density at radius 2 is 2.04 bits per heavy atom. The van der Waals surface area contributed by atoms with Crippen molar-refractivity contribution in [2.45, 2.75) is 37.6 Å². The third kappa shape index (κ3) is 3.64. The van der Waals surface area contributed by atoms with Gasteiger partial charge in [-0.25, -0.2) is 13.1 Å². The van der Waals surface area contributed by atoms with Crippen LogP contribution in [0.4, 0.5) is 0 Å². The highest BCUT2D eigenvalue weighted by molar-refractivity contribution is 7.88. The van der Waals surface area contributed by atoms with E-state index >= 15 is 0 Å². The molecule has 2 N–H and O–H groups in total. The predicted molar refractivity (Wildman–Crippen MR) is 97.0 cm³/mol. The summed E-state index contributed by atoms with van der Waals surface area (Å²) in [5, 5.41) is 3.04. The Morgan fingerprint density at radius 3 is 2.81 bits per heavy atom. The molecule has 0 unspecified atom stereocenters. The Labute approximate surface area is 154 Å². The van der Waals surface area contributed by atoms with E-state index in [0.29, 0.717) is 13.2 Å². The first-order chi connectivity index (χ1) is 12.4. The Kier molecular flexibility index (Phi) is 4.77. The van der Waals surface area contributed by atoms with E-state index in [2.05, 4.69) is 27.1 Å². The van der Waals surface area contributed by atoms with Crippen LogP contribution in [-0.4, -0.2) is 63.4 Å². The van der Waals surface area contributed by atoms with Crippen LogP contribution in [0.25, 0.3) is 0 Å². The molecule has 1 saturated carbocycles. The minimum Gasteiger partial charge on any atom is -0.376 e. The number of nitrogens with zero attached hydrogens (tertiary/aromatic N) is 1. The lowest BCUT2D eigenvalue weighted by molar-refractivity contribution is -0.126. The number of nitrogens with one attached hydrogen (secondary N) is 2. The molecule has 1 aliphatic carbocycles. The van der Waals surface area contributed by atoms with Crippen molar-refractivity contribution >= 4 is 15.9 Å². The zero-order chi connectivity index (χ0) is 18.3. The molecule has 0 radical (unpaired) electrons. The molecular formula is C18H25N3O4S. The first-order valence-electron chi connectivity index (χ1n) is 9.08. The molecule has 8 heteroatoms. The van der Waals surface area contributed by atoms with Gasteiger partial charge in [-0.1, -0.05) is 24.3 Å². The SMILES string of the molecule is CS(=O)(=O)N[C@@H]1[C@@H](NC(=O)CN2CCc3ccccc3C2)[C@H]2CCO[C@H]21. The molecule has 142 valence electrons. The molecule has 26 heavy (non-hydrogen) atoms. The van der Waals surface area contributed by atoms with Crippen LogP contribution in [0.15, 0.2) is 24.3 Å². The van der Waals surface area contributed by atoms with E-state index < -0.39 is 10.0 Å². The number of sulfonamides is 1. The number of benzene rings is 1. The third-order valence-corrected chi connectivity index (χ3v) is 6.34. The summed E-state index contributed by atoms with van der Waals surface area (Å²) >= 11 is 0. The fourth-order valence-corrected chi connectivity index (χ4v) is 5.19. The molecular weight excluding hydrogens is 354 g/mol. The molecule has 1 aromatic rings. The van der Waals surface area contributed by atoms with Gasteiger partial charge >= 0.3 is 0 Å². The maximum Gasteiger partial charge on any atom is 0.234 e. The quantitative estimate of drug-likeness (QED) is 0.744. The standard InChI is InChI=1S/C18H25N3O4S/c1-26(23,24)20-17-16(14-7-9-25-18(14)17)19-15(22)11-21-8-6-12-4-2-3-5-13(12)10-21/h2-5,14,16-18,20H,6-11H2,1H3,(H,19,22)/t14-,16+,17-,18-/m1/s1. The molecule has 0 spiro atoms. The van der Waals surface area contributed by atoms with Crippen molar-refractivity contribution in [3.63, 3.8) is 0 Å². The number of carbonyl (C=O) groups excluding carboxylic acids is 1. The number of carbonyl (C=O) groups is 1. The zero-order valence-corrected chi connectivity index (χ0v) is 15.7. The molecule has 0 bridgehead atoms. The molecule has 2 fully saturated rings. The summed E-state index contributed by atoms with van der Waals surface area (Å²) in [4.78, 5) is 14.7. The lowest BCUT2D eigenvalue weighted by Crippen LogP contribution is -2.71. The van der Waals surface area contributed by atoms with Crippen molar-refractivity contribution in [1.82, 2.24) is 14.9 Å². The van der Waals surface area contributed by atoms with E-state index in [-0.39, 0.29) is 30.0 Å². The Bertz CT molecular complexity index is 797. The number of fused-ring (bicyclic) bond motifs is 2. The van der Waals surface area contributed by atoms with Crippen LogP contribution < -0.4 is 10.0 Å². The van der Waals surface area contributed by atoms with Crippen LogP contribution in [0.2, 0.25) is 0 Å². The van der Waals surface area contributed by atoms with Crippen LogP contribution in [0.3, 0.4) is 0 Å². The average molecular weight is 379 g/mol. The Hall–Kier alpha value is -1.48. The number of ether oxygens (including phenoxy) is 1. The molecule has 7 nitrogen and oxygen atoms in total. The van der Waals surface area contributed by atoms with Crippen molar-refractivity contribution in [3.8, 4) is 0 Å². The van der Waals surface area contributed by atoms with E-state index in [0.717, 1.165) is 32.2 Å². The Balaban J connectivity index is 1.35. The second-order valence-electron chi connectivity index (χ2n) is 7.53. The normalized spacial score (nSPS) is 31.0. The van der Waals surface area contributed by atoms with Crippen molar-refractivity contribution in [2.24, 2.45) is 5.92 Å². The number of hydrogen-bond acceptors (Lipinski definition) is 5. The van der Waals surface area contributed by atoms with Gasteiger partial charge in [-0.15, -0.1) is 0 Å². The smallest absolute Gasteiger partial charge is 0.234 e. The monoisotopic (exact) mass is 379 g/mol. The van der Waals surface area contributed by atoms with Crippen molar-refractivity contribution < 1.29 is 17.9 Å². The third-order valence-electron chi connectivity index (χ3n) is 5.64. The minimum absolute atomic E-state index is 0.0555. The molecule has 2 aliphatic heterocycles. The molecule has 3 aliphatic rings. The summed E-state index contributed by atoms with van der Waals surface area (Å²) in [6, 6.07) is 7.76. The fraction of sp³-hybridized carbons (Fsp3) is 0.611. The van der Waals surface area contributed by atoms with Gasteiger partial charge in [0, 0.05) is 25.6 Å². The highest BCUT2D eigenvalue weighted by Gasteiger charge is 2.55. The minimum atomic E-state index is -3.34. The van der Waals surface area contributed by atoms with E-state index in [9.17, 15) is 13.2 Å². The molecule has 4 atom stereocenters. The summed E-state index contributed by atoms with van der Waals surface area (Å²) in [6.45, 7) is 2.57. The molecule has 2 heterocycles. The van der Waals surface area contributed by atoms with Gasteiger partial charge in [0.15, 0.2) is 0 Å². The molecule has 4 rings (SSSR count). The van der Waals surface area contributed by atoms with E-state index in [1.807, 2.05) is 12.1 Å². The topological polar surface area (TPSA) is 87.7 Å². The fourth-order valence-electron chi connectivity index (χ4n) is 4.42. The Morgan fingerprint density at radius 1 is 1.27 bits per heavy atom. The van der Waals surface area contributed by atoms with E-state index in [1.54, 1.807) is 0 Å². The molecule has 1 aromatic carbocycles. The van der Waals surface area contributed by atoms with Gasteiger partial charge in [0.25, 0.3) is 0 Å². The summed E-state index contributed by atoms with van der Waals surface area (Å²) in [6.07, 6.45) is 2.81. The molecule has 1 saturated heterocycles. The van der Waals surface area contributed by atoms with Gasteiger partial charge < -0.3 is 10.1 Å². The van der Waals surface area contributed by atoms with Gasteiger partial charge in [-0.3, -0.25) is 9.69 Å². The highest BCUT2D eigenvalue weighted by atomic mass is 32.2. The second kappa shape index (κ2) is 6.92. The van der Waals surface area contributed by atoms with Crippen molar-refractivity contribution in [1.29, 1.82) is 0 Å². The molecule has 1 amide bonds. The lowest BCUT2D eigenvalue weighted by Gasteiger charge is -2.47. The summed E-state index contributed by atoms with van der Waals surface area (Å²) in [5.41, 5.74) is 2.63. The van der Waals surface area contributed by atoms with Gasteiger partial charge in [0.1, 0.15) is 0 Å². The average Bonchev–Trinajstić information content (AvgIpc) is 3.02.